The molecule has 1 unspecified atom stereocenters. The van der Waals surface area contributed by atoms with Gasteiger partial charge in [0.15, 0.2) is 17.5 Å². The minimum atomic E-state index is -0.540. The van der Waals surface area contributed by atoms with Crippen molar-refractivity contribution in [2.24, 2.45) is 17.8 Å². The van der Waals surface area contributed by atoms with Gasteiger partial charge in [-0.2, -0.15) is 15.3 Å². The normalized spacial score (nSPS) is 16.8. The van der Waals surface area contributed by atoms with Crippen molar-refractivity contribution in [1.29, 1.82) is 0 Å². The number of hydrogen-bond acceptors (Lipinski definition) is 9. The van der Waals surface area contributed by atoms with Gasteiger partial charge >= 0.3 is 0 Å². The number of carbonyl (C=O) groups excluding carboxylic acids is 3. The molecule has 12 rings (SSSR count). The minimum absolute atomic E-state index is 0.000473. The molecule has 9 aromatic rings. The third kappa shape index (κ3) is 13.3. The highest BCUT2D eigenvalue weighted by Crippen LogP contribution is 2.33. The third-order valence-electron chi connectivity index (χ3n) is 15.0. The van der Waals surface area contributed by atoms with E-state index in [-0.39, 0.29) is 52.5 Å². The van der Waals surface area contributed by atoms with E-state index in [0.717, 1.165) is 89.0 Å². The molecule has 3 amide bonds. The van der Waals surface area contributed by atoms with Gasteiger partial charge < -0.3 is 0 Å². The summed E-state index contributed by atoms with van der Waals surface area (Å²) in [5.74, 6) is -0.543. The van der Waals surface area contributed by atoms with E-state index in [1.165, 1.54) is 36.4 Å². The Morgan fingerprint density at radius 2 is 0.690 bits per heavy atom. The van der Waals surface area contributed by atoms with E-state index in [2.05, 4.69) is 60.1 Å². The average molecular weight is 1130 g/mol. The van der Waals surface area contributed by atoms with Gasteiger partial charge in [0, 0.05) is 109 Å². The number of H-pyrrole nitrogens is 3. The maximum Gasteiger partial charge on any atom is 0.231 e. The van der Waals surface area contributed by atoms with Gasteiger partial charge in [0.25, 0.3) is 0 Å². The van der Waals surface area contributed by atoms with Crippen LogP contribution in [0, 0.1) is 54.9 Å². The van der Waals surface area contributed by atoms with Crippen molar-refractivity contribution >= 4 is 52.2 Å². The van der Waals surface area contributed by atoms with Crippen LogP contribution in [0.25, 0.3) is 48.3 Å². The Hall–Kier alpha value is -10.6. The van der Waals surface area contributed by atoms with Crippen molar-refractivity contribution in [3.05, 3.63) is 215 Å². The second-order valence-electron chi connectivity index (χ2n) is 20.4. The molecule has 3 atom stereocenters. The van der Waals surface area contributed by atoms with Gasteiger partial charge in [0.1, 0.15) is 17.5 Å². The molecule has 9 heterocycles. The van der Waals surface area contributed by atoms with E-state index < -0.39 is 17.5 Å². The quantitative estimate of drug-likeness (QED) is 0.0996. The zero-order valence-corrected chi connectivity index (χ0v) is 45.3. The van der Waals surface area contributed by atoms with E-state index in [4.69, 9.17) is 19.7 Å². The molecule has 18 nitrogen and oxygen atoms in total. The first-order valence-electron chi connectivity index (χ1n) is 27.3. The van der Waals surface area contributed by atoms with Crippen LogP contribution in [-0.2, 0) is 33.6 Å². The first-order chi connectivity index (χ1) is 41.0. The second kappa shape index (κ2) is 26.3. The van der Waals surface area contributed by atoms with Crippen LogP contribution in [-0.4, -0.2) is 82.9 Å². The smallest absolute Gasteiger partial charge is 0.231 e. The molecule has 3 aromatic carbocycles. The maximum absolute atomic E-state index is 13.9. The summed E-state index contributed by atoms with van der Waals surface area (Å²) >= 11 is 0. The first kappa shape index (κ1) is 56.7. The number of halogens is 3. The van der Waals surface area contributed by atoms with E-state index in [9.17, 15) is 27.6 Å². The molecule has 0 aliphatic carbocycles. The topological polar surface area (TPSA) is 199 Å². The van der Waals surface area contributed by atoms with Crippen LogP contribution in [0.5, 0.6) is 0 Å². The van der Waals surface area contributed by atoms with E-state index in [1.54, 1.807) is 70.1 Å². The summed E-state index contributed by atoms with van der Waals surface area (Å²) in [4.78, 5) is 65.5. The molecule has 6 aromatic heterocycles. The summed E-state index contributed by atoms with van der Waals surface area (Å²) < 4.78 is 41.6. The number of rotatable bonds is 12. The Kier molecular flexibility index (Phi) is 17.8. The molecule has 21 heteroatoms. The Morgan fingerprint density at radius 1 is 0.417 bits per heavy atom. The van der Waals surface area contributed by atoms with Crippen LogP contribution in [0.15, 0.2) is 146 Å². The van der Waals surface area contributed by atoms with Gasteiger partial charge in [-0.05, 0) is 129 Å². The molecular formula is C63H54F3N15O3. The minimum Gasteiger partial charge on any atom is -0.295 e. The predicted octanol–water partition coefficient (Wildman–Crippen LogP) is 12.4. The number of aromatic amines is 3. The van der Waals surface area contributed by atoms with E-state index in [0.29, 0.717) is 56.4 Å². The van der Waals surface area contributed by atoms with Crippen molar-refractivity contribution in [3.8, 4) is 33.8 Å². The molecule has 0 radical (unpaired) electrons. The van der Waals surface area contributed by atoms with Crippen LogP contribution < -0.4 is 14.7 Å². The summed E-state index contributed by atoms with van der Waals surface area (Å²) in [6, 6.07) is 30.5. The summed E-state index contributed by atoms with van der Waals surface area (Å²) in [5, 5.41) is 21.9. The lowest BCUT2D eigenvalue weighted by molar-refractivity contribution is -0.124. The number of amides is 3. The van der Waals surface area contributed by atoms with Crippen LogP contribution in [0.4, 0.5) is 47.7 Å². The van der Waals surface area contributed by atoms with Crippen LogP contribution >= 0.6 is 0 Å². The summed E-state index contributed by atoms with van der Waals surface area (Å²) in [6.45, 7) is 22.6. The lowest BCUT2D eigenvalue weighted by atomic mass is 9.90. The Labute approximate surface area is 481 Å². The number of carbonyl (C=O) groups is 3. The molecule has 3 aliphatic rings. The molecular weight excluding hydrogens is 1070 g/mol. The Morgan fingerprint density at radius 3 is 0.940 bits per heavy atom. The largest absolute Gasteiger partial charge is 0.295 e. The fourth-order valence-corrected chi connectivity index (χ4v) is 10.6. The zero-order chi connectivity index (χ0) is 58.5. The number of nitrogens with zero attached hydrogens (tertiary/aromatic N) is 12. The number of hydrogen-bond donors (Lipinski definition) is 3. The predicted molar refractivity (Wildman–Crippen MR) is 310 cm³/mol. The van der Waals surface area contributed by atoms with Gasteiger partial charge in [0.2, 0.25) is 34.8 Å². The third-order valence-corrected chi connectivity index (χ3v) is 15.0. The summed E-state index contributed by atoms with van der Waals surface area (Å²) in [6.07, 6.45) is 16.4. The number of anilines is 3. The molecule has 3 aliphatic heterocycles. The van der Waals surface area contributed by atoms with Gasteiger partial charge in [-0.1, -0.05) is 36.4 Å². The molecule has 0 bridgehead atoms. The fourth-order valence-electron chi connectivity index (χ4n) is 10.6. The fraction of sp³-hybridized carbons (Fsp3) is 0.238. The molecule has 0 spiro atoms. The number of aromatic nitrogens is 9. The Bertz CT molecular complexity index is 3520. The summed E-state index contributed by atoms with van der Waals surface area (Å²) in [5.41, 5.74) is 7.50. The Balaban J connectivity index is 0.000000140. The zero-order valence-electron chi connectivity index (χ0n) is 45.3. The lowest BCUT2D eigenvalue weighted by Gasteiger charge is -2.30. The van der Waals surface area contributed by atoms with Crippen molar-refractivity contribution in [2.45, 2.75) is 57.8 Å². The molecule has 420 valence electrons. The van der Waals surface area contributed by atoms with Crippen LogP contribution in [0.3, 0.4) is 0 Å². The van der Waals surface area contributed by atoms with Crippen molar-refractivity contribution in [3.63, 3.8) is 0 Å². The maximum atomic E-state index is 13.9. The molecule has 3 saturated heterocycles. The second-order valence-corrected chi connectivity index (χ2v) is 20.4. The SMILES string of the molecule is [C-]#[N+]c1ccc(CC2CCCN(c3cc(-c4ccncc4)[nH]n3)C2=O)cc1F.[C-]#[N+]c1ccc(C[C@@H]2CCCN(c3cc(-c4ccncc4)[nH]n3)C2=O)cc1F.[C-]#[N+]c1ccc(C[C@H]2CCCN(c3cc(-c4ccncc4)[nH]n3)C2=O)cc1F. The van der Waals surface area contributed by atoms with Gasteiger partial charge in [-0.25, -0.2) is 27.7 Å². The number of nitrogens with one attached hydrogen (secondary N) is 3. The van der Waals surface area contributed by atoms with Crippen molar-refractivity contribution < 1.29 is 27.6 Å². The highest BCUT2D eigenvalue weighted by atomic mass is 19.1. The number of piperidine rings is 3. The summed E-state index contributed by atoms with van der Waals surface area (Å²) in [7, 11) is 0. The highest BCUT2D eigenvalue weighted by molar-refractivity contribution is 5.97. The molecule has 3 fully saturated rings. The molecule has 0 saturated carbocycles. The highest BCUT2D eigenvalue weighted by Gasteiger charge is 2.34. The standard InChI is InChI=1S/3C21H18FN5O/c3*1-23-18-5-4-14(12-17(18)22)11-16-3-2-10-27(21(16)28)20-13-19(25-26-20)15-6-8-24-9-7-15/h3*4-9,12-13,16H,2-3,10-11H2,(H,25,26)/t2*16-;/m10./s1. The lowest BCUT2D eigenvalue weighted by Crippen LogP contribution is -2.42. The van der Waals surface area contributed by atoms with Crippen molar-refractivity contribution in [2.75, 3.05) is 34.3 Å². The molecule has 3 N–H and O–H groups in total. The van der Waals surface area contributed by atoms with Crippen LogP contribution in [0.1, 0.15) is 55.2 Å². The van der Waals surface area contributed by atoms with Crippen LogP contribution in [0.2, 0.25) is 0 Å². The number of benzene rings is 3. The van der Waals surface area contributed by atoms with E-state index in [1.807, 2.05) is 54.6 Å². The first-order valence-corrected chi connectivity index (χ1v) is 27.3. The molecule has 84 heavy (non-hydrogen) atoms. The van der Waals surface area contributed by atoms with Crippen molar-refractivity contribution in [1.82, 2.24) is 45.5 Å². The van der Waals surface area contributed by atoms with Gasteiger partial charge in [-0.3, -0.25) is 59.3 Å². The average Bonchev–Trinajstić information content (AvgIpc) is 4.47. The van der Waals surface area contributed by atoms with E-state index >= 15 is 0 Å². The van der Waals surface area contributed by atoms with Gasteiger partial charge in [0.05, 0.1) is 36.8 Å². The number of pyridine rings is 3. The van der Waals surface area contributed by atoms with Gasteiger partial charge in [-0.15, -0.1) is 0 Å². The monoisotopic (exact) mass is 1130 g/mol.